The van der Waals surface area contributed by atoms with Crippen molar-refractivity contribution in [2.75, 3.05) is 13.1 Å². The van der Waals surface area contributed by atoms with Crippen LogP contribution in [0.1, 0.15) is 38.4 Å². The molecule has 0 radical (unpaired) electrons. The summed E-state index contributed by atoms with van der Waals surface area (Å²) >= 11 is 0. The molecule has 3 heterocycles. The van der Waals surface area contributed by atoms with Crippen molar-refractivity contribution in [3.8, 4) is 0 Å². The van der Waals surface area contributed by atoms with Crippen LogP contribution in [0, 0.1) is 0 Å². The van der Waals surface area contributed by atoms with E-state index in [0.717, 1.165) is 19.6 Å². The summed E-state index contributed by atoms with van der Waals surface area (Å²) in [6.45, 7) is 7.73. The molecule has 2 aromatic heterocycles. The summed E-state index contributed by atoms with van der Waals surface area (Å²) in [6, 6.07) is 0.383. The van der Waals surface area contributed by atoms with Gasteiger partial charge in [0, 0.05) is 42.3 Å². The van der Waals surface area contributed by atoms with Crippen molar-refractivity contribution in [1.82, 2.24) is 24.4 Å². The van der Waals surface area contributed by atoms with E-state index in [2.05, 4.69) is 44.5 Å². The number of nitrogens with one attached hydrogen (secondary N) is 1. The minimum Gasteiger partial charge on any atom is -0.335 e. The third-order valence-corrected chi connectivity index (χ3v) is 4.50. The molecule has 1 aliphatic heterocycles. The zero-order valence-corrected chi connectivity index (χ0v) is 12.3. The summed E-state index contributed by atoms with van der Waals surface area (Å²) in [6.07, 6.45) is 12.1. The first-order chi connectivity index (χ1) is 9.69. The maximum Gasteiger partial charge on any atom is 0.0951 e. The molecule has 1 aliphatic rings. The van der Waals surface area contributed by atoms with E-state index in [-0.39, 0.29) is 5.41 Å². The van der Waals surface area contributed by atoms with Gasteiger partial charge < -0.3 is 14.5 Å². The minimum absolute atomic E-state index is 0.241. The van der Waals surface area contributed by atoms with Gasteiger partial charge in [0.1, 0.15) is 0 Å². The Morgan fingerprint density at radius 2 is 2.10 bits per heavy atom. The fourth-order valence-electron chi connectivity index (χ4n) is 3.15. The Labute approximate surface area is 120 Å². The van der Waals surface area contributed by atoms with Gasteiger partial charge in [0.25, 0.3) is 0 Å². The van der Waals surface area contributed by atoms with Crippen molar-refractivity contribution >= 4 is 0 Å². The molecule has 2 aromatic rings. The minimum atomic E-state index is 0.241. The summed E-state index contributed by atoms with van der Waals surface area (Å²) in [5.41, 5.74) is 1.61. The maximum absolute atomic E-state index is 4.41. The lowest BCUT2D eigenvalue weighted by molar-refractivity contribution is 0.305. The molecular formula is C15H23N5. The first kappa shape index (κ1) is 13.4. The van der Waals surface area contributed by atoms with Crippen LogP contribution in [-0.4, -0.2) is 32.2 Å². The van der Waals surface area contributed by atoms with Crippen LogP contribution < -0.4 is 5.32 Å². The van der Waals surface area contributed by atoms with Crippen LogP contribution in [0.3, 0.4) is 0 Å². The monoisotopic (exact) mass is 273 g/mol. The van der Waals surface area contributed by atoms with Crippen LogP contribution >= 0.6 is 0 Å². The van der Waals surface area contributed by atoms with Gasteiger partial charge >= 0.3 is 0 Å². The molecule has 3 rings (SSSR count). The average Bonchev–Trinajstić information content (AvgIpc) is 3.10. The van der Waals surface area contributed by atoms with Crippen LogP contribution in [0.15, 0.2) is 31.2 Å². The van der Waals surface area contributed by atoms with E-state index in [4.69, 9.17) is 0 Å². The van der Waals surface area contributed by atoms with Gasteiger partial charge in [-0.25, -0.2) is 9.97 Å². The Bertz CT molecular complexity index is 536. The summed E-state index contributed by atoms with van der Waals surface area (Å²) in [4.78, 5) is 8.52. The SMILES string of the molecule is CC(Cn1ccnc1)n1cncc1C1(C)CCNCC1. The largest absolute Gasteiger partial charge is 0.335 e. The van der Waals surface area contributed by atoms with Crippen LogP contribution in [0.25, 0.3) is 0 Å². The van der Waals surface area contributed by atoms with E-state index in [1.54, 1.807) is 0 Å². The molecule has 0 aromatic carbocycles. The normalized spacial score (nSPS) is 19.9. The second kappa shape index (κ2) is 5.40. The number of hydrogen-bond acceptors (Lipinski definition) is 3. The lowest BCUT2D eigenvalue weighted by Gasteiger charge is -2.35. The van der Waals surface area contributed by atoms with Gasteiger partial charge in [-0.2, -0.15) is 0 Å². The van der Waals surface area contributed by atoms with Gasteiger partial charge in [0.05, 0.1) is 12.7 Å². The number of hydrogen-bond donors (Lipinski definition) is 1. The highest BCUT2D eigenvalue weighted by molar-refractivity contribution is 5.16. The fourth-order valence-corrected chi connectivity index (χ4v) is 3.15. The number of piperidine rings is 1. The molecule has 1 atom stereocenters. The van der Waals surface area contributed by atoms with Crippen molar-refractivity contribution < 1.29 is 0 Å². The third-order valence-electron chi connectivity index (χ3n) is 4.50. The van der Waals surface area contributed by atoms with Crippen LogP contribution in [0.5, 0.6) is 0 Å². The molecule has 5 nitrogen and oxygen atoms in total. The lowest BCUT2D eigenvalue weighted by atomic mass is 9.78. The molecule has 1 unspecified atom stereocenters. The standard InChI is InChI=1S/C15H23N5/c1-13(10-19-8-7-17-11-19)20-12-18-9-14(20)15(2)3-5-16-6-4-15/h7-9,11-13,16H,3-6,10H2,1-2H3. The van der Waals surface area contributed by atoms with E-state index < -0.39 is 0 Å². The highest BCUT2D eigenvalue weighted by atomic mass is 15.1. The highest BCUT2D eigenvalue weighted by Crippen LogP contribution is 2.34. The van der Waals surface area contributed by atoms with Crippen molar-refractivity contribution in [1.29, 1.82) is 0 Å². The van der Waals surface area contributed by atoms with E-state index in [0.29, 0.717) is 6.04 Å². The van der Waals surface area contributed by atoms with E-state index in [1.807, 2.05) is 25.0 Å². The molecule has 0 saturated carbocycles. The van der Waals surface area contributed by atoms with Gasteiger partial charge in [-0.05, 0) is 32.9 Å². The maximum atomic E-state index is 4.41. The fraction of sp³-hybridized carbons (Fsp3) is 0.600. The van der Waals surface area contributed by atoms with Crippen molar-refractivity contribution in [3.63, 3.8) is 0 Å². The smallest absolute Gasteiger partial charge is 0.0951 e. The molecule has 20 heavy (non-hydrogen) atoms. The summed E-state index contributed by atoms with van der Waals surface area (Å²) < 4.78 is 4.46. The van der Waals surface area contributed by atoms with Gasteiger partial charge in [-0.3, -0.25) is 0 Å². The number of rotatable bonds is 4. The molecule has 1 saturated heterocycles. The Morgan fingerprint density at radius 3 is 2.80 bits per heavy atom. The summed E-state index contributed by atoms with van der Waals surface area (Å²) in [5, 5.41) is 3.44. The quantitative estimate of drug-likeness (QED) is 0.926. The molecule has 5 heteroatoms. The van der Waals surface area contributed by atoms with Crippen LogP contribution in [-0.2, 0) is 12.0 Å². The molecule has 0 bridgehead atoms. The average molecular weight is 273 g/mol. The number of aromatic nitrogens is 4. The van der Waals surface area contributed by atoms with E-state index >= 15 is 0 Å². The van der Waals surface area contributed by atoms with E-state index in [1.165, 1.54) is 18.5 Å². The molecule has 0 aliphatic carbocycles. The predicted molar refractivity (Wildman–Crippen MR) is 78.6 cm³/mol. The van der Waals surface area contributed by atoms with E-state index in [9.17, 15) is 0 Å². The molecule has 0 spiro atoms. The third kappa shape index (κ3) is 2.50. The topological polar surface area (TPSA) is 47.7 Å². The van der Waals surface area contributed by atoms with Gasteiger partial charge in [-0.15, -0.1) is 0 Å². The zero-order valence-electron chi connectivity index (χ0n) is 12.3. The Kier molecular flexibility index (Phi) is 3.61. The predicted octanol–water partition coefficient (Wildman–Crippen LogP) is 1.98. The molecule has 108 valence electrons. The molecule has 0 amide bonds. The molecule has 1 fully saturated rings. The van der Waals surface area contributed by atoms with Gasteiger partial charge in [0.15, 0.2) is 0 Å². The Balaban J connectivity index is 1.82. The summed E-state index contributed by atoms with van der Waals surface area (Å²) in [5.74, 6) is 0. The number of imidazole rings is 2. The first-order valence-electron chi connectivity index (χ1n) is 7.38. The van der Waals surface area contributed by atoms with Crippen LogP contribution in [0.2, 0.25) is 0 Å². The van der Waals surface area contributed by atoms with Gasteiger partial charge in [0.2, 0.25) is 0 Å². The molecular weight excluding hydrogens is 250 g/mol. The number of nitrogens with zero attached hydrogens (tertiary/aromatic N) is 4. The first-order valence-corrected chi connectivity index (χ1v) is 7.38. The summed E-state index contributed by atoms with van der Waals surface area (Å²) in [7, 11) is 0. The van der Waals surface area contributed by atoms with Crippen molar-refractivity contribution in [2.24, 2.45) is 0 Å². The lowest BCUT2D eigenvalue weighted by Crippen LogP contribution is -2.39. The Hall–Kier alpha value is -1.62. The zero-order chi connectivity index (χ0) is 14.0. The van der Waals surface area contributed by atoms with Crippen molar-refractivity contribution in [3.05, 3.63) is 36.9 Å². The second-order valence-electron chi connectivity index (χ2n) is 6.11. The van der Waals surface area contributed by atoms with Crippen LogP contribution in [0.4, 0.5) is 0 Å². The second-order valence-corrected chi connectivity index (χ2v) is 6.11. The van der Waals surface area contributed by atoms with Gasteiger partial charge in [-0.1, -0.05) is 6.92 Å². The Morgan fingerprint density at radius 1 is 1.30 bits per heavy atom. The molecule has 1 N–H and O–H groups in total. The highest BCUT2D eigenvalue weighted by Gasteiger charge is 2.32. The van der Waals surface area contributed by atoms with Crippen molar-refractivity contribution in [2.45, 2.75) is 44.7 Å².